The summed E-state index contributed by atoms with van der Waals surface area (Å²) in [7, 11) is 1.65. The molecule has 2 aromatic rings. The molecule has 1 aliphatic rings. The molecular formula is C18H21ClN4O. The minimum atomic E-state index is -0.290. The van der Waals surface area contributed by atoms with Crippen molar-refractivity contribution in [3.05, 3.63) is 58.6 Å². The van der Waals surface area contributed by atoms with E-state index in [2.05, 4.69) is 0 Å². The predicted octanol–water partition coefficient (Wildman–Crippen LogP) is 2.60. The number of ether oxygens (including phenoxy) is 1. The number of aliphatic imine (C=N–C) groups is 1. The average Bonchev–Trinajstić information content (AvgIpc) is 2.71. The lowest BCUT2D eigenvalue weighted by molar-refractivity contribution is 0.414. The van der Waals surface area contributed by atoms with E-state index < -0.39 is 0 Å². The summed E-state index contributed by atoms with van der Waals surface area (Å²) < 4.78 is 5.39. The molecule has 6 heteroatoms. The van der Waals surface area contributed by atoms with Gasteiger partial charge in [0.05, 0.1) is 31.7 Å². The van der Waals surface area contributed by atoms with Gasteiger partial charge in [0.15, 0.2) is 0 Å². The van der Waals surface area contributed by atoms with Crippen LogP contribution in [0.2, 0.25) is 5.02 Å². The molecule has 0 aliphatic carbocycles. The number of hydrogen-bond acceptors (Lipinski definition) is 5. The second kappa shape index (κ2) is 6.81. The normalized spacial score (nSPS) is 18.5. The van der Waals surface area contributed by atoms with Crippen molar-refractivity contribution in [3.8, 4) is 5.75 Å². The maximum atomic E-state index is 6.32. The maximum absolute atomic E-state index is 6.32. The predicted molar refractivity (Wildman–Crippen MR) is 99.1 cm³/mol. The summed E-state index contributed by atoms with van der Waals surface area (Å²) in [5, 5.41) is 0.688. The minimum Gasteiger partial charge on any atom is -0.497 e. The van der Waals surface area contributed by atoms with Gasteiger partial charge in [-0.2, -0.15) is 0 Å². The van der Waals surface area contributed by atoms with Gasteiger partial charge >= 0.3 is 0 Å². The zero-order valence-corrected chi connectivity index (χ0v) is 14.5. The highest BCUT2D eigenvalue weighted by atomic mass is 35.5. The maximum Gasteiger partial charge on any atom is 0.119 e. The van der Waals surface area contributed by atoms with Gasteiger partial charge < -0.3 is 21.1 Å². The van der Waals surface area contributed by atoms with Crippen molar-refractivity contribution < 1.29 is 4.74 Å². The monoisotopic (exact) mass is 344 g/mol. The highest BCUT2D eigenvalue weighted by molar-refractivity contribution is 6.30. The first-order valence-corrected chi connectivity index (χ1v) is 8.17. The Kier molecular flexibility index (Phi) is 4.76. The fourth-order valence-electron chi connectivity index (χ4n) is 2.97. The molecule has 0 saturated heterocycles. The number of nitrogens with two attached hydrogens (primary N) is 2. The minimum absolute atomic E-state index is 0.230. The van der Waals surface area contributed by atoms with Crippen LogP contribution in [0.3, 0.4) is 0 Å². The Morgan fingerprint density at radius 2 is 1.96 bits per heavy atom. The Bertz CT molecular complexity index is 758. The van der Waals surface area contributed by atoms with Gasteiger partial charge in [-0.3, -0.25) is 4.99 Å². The summed E-state index contributed by atoms with van der Waals surface area (Å²) in [5.41, 5.74) is 16.2. The molecule has 0 spiro atoms. The van der Waals surface area contributed by atoms with Gasteiger partial charge in [0.1, 0.15) is 5.75 Å². The van der Waals surface area contributed by atoms with Crippen LogP contribution < -0.4 is 21.1 Å². The number of halogens is 1. The summed E-state index contributed by atoms with van der Waals surface area (Å²) in [6.07, 6.45) is -0.520. The molecule has 2 aromatic carbocycles. The van der Waals surface area contributed by atoms with Crippen LogP contribution in [0.25, 0.3) is 0 Å². The van der Waals surface area contributed by atoms with E-state index in [-0.39, 0.29) is 12.3 Å². The van der Waals surface area contributed by atoms with Gasteiger partial charge in [0, 0.05) is 21.8 Å². The van der Waals surface area contributed by atoms with Crippen molar-refractivity contribution in [1.82, 2.24) is 0 Å². The molecule has 1 heterocycles. The number of anilines is 1. The molecule has 0 radical (unpaired) electrons. The summed E-state index contributed by atoms with van der Waals surface area (Å²) in [5.74, 6) is 0.760. The fraction of sp³-hybridized carbons (Fsp3) is 0.278. The van der Waals surface area contributed by atoms with E-state index in [1.165, 1.54) is 0 Å². The molecule has 5 nitrogen and oxygen atoms in total. The molecule has 1 aliphatic heterocycles. The Labute approximate surface area is 146 Å². The quantitative estimate of drug-likeness (QED) is 0.897. The van der Waals surface area contributed by atoms with Crippen LogP contribution in [0.5, 0.6) is 5.75 Å². The lowest BCUT2D eigenvalue weighted by atomic mass is 9.99. The Hall–Kier alpha value is -2.08. The molecule has 0 saturated carbocycles. The molecule has 0 aromatic heterocycles. The third kappa shape index (κ3) is 3.11. The third-order valence-electron chi connectivity index (χ3n) is 4.09. The fourth-order valence-corrected chi connectivity index (χ4v) is 3.10. The zero-order valence-electron chi connectivity index (χ0n) is 13.7. The summed E-state index contributed by atoms with van der Waals surface area (Å²) in [4.78, 5) is 6.74. The van der Waals surface area contributed by atoms with Crippen LogP contribution in [-0.2, 0) is 0 Å². The SMILES string of the molecule is COc1ccc2c(c1)C(c1ccc(Cl)cc1)=NCC(N)N2C(C)N. The molecule has 2 unspecified atom stereocenters. The Morgan fingerprint density at radius 1 is 1.25 bits per heavy atom. The van der Waals surface area contributed by atoms with E-state index in [1.807, 2.05) is 54.3 Å². The molecule has 24 heavy (non-hydrogen) atoms. The van der Waals surface area contributed by atoms with Gasteiger partial charge in [0.25, 0.3) is 0 Å². The second-order valence-corrected chi connectivity index (χ2v) is 6.23. The van der Waals surface area contributed by atoms with Gasteiger partial charge in [-0.05, 0) is 37.3 Å². The first-order valence-electron chi connectivity index (χ1n) is 7.79. The number of benzodiazepines with no additional fused rings is 1. The first-order chi connectivity index (χ1) is 11.5. The van der Waals surface area contributed by atoms with Gasteiger partial charge in [0.2, 0.25) is 0 Å². The van der Waals surface area contributed by atoms with Crippen molar-refractivity contribution in [2.24, 2.45) is 16.5 Å². The van der Waals surface area contributed by atoms with E-state index in [4.69, 9.17) is 32.8 Å². The molecule has 3 rings (SSSR count). The highest BCUT2D eigenvalue weighted by Gasteiger charge is 2.27. The van der Waals surface area contributed by atoms with Crippen LogP contribution in [0, 0.1) is 0 Å². The number of nitrogens with zero attached hydrogens (tertiary/aromatic N) is 2. The number of fused-ring (bicyclic) bond motifs is 1. The zero-order chi connectivity index (χ0) is 17.3. The summed E-state index contributed by atoms with van der Waals surface area (Å²) >= 11 is 6.01. The summed E-state index contributed by atoms with van der Waals surface area (Å²) in [6, 6.07) is 13.5. The molecule has 0 bridgehead atoms. The van der Waals surface area contributed by atoms with E-state index in [0.29, 0.717) is 11.6 Å². The van der Waals surface area contributed by atoms with E-state index >= 15 is 0 Å². The number of rotatable bonds is 3. The Balaban J connectivity index is 2.19. The number of hydrogen-bond donors (Lipinski definition) is 2. The second-order valence-electron chi connectivity index (χ2n) is 5.79. The van der Waals surface area contributed by atoms with Gasteiger partial charge in [-0.25, -0.2) is 0 Å². The summed E-state index contributed by atoms with van der Waals surface area (Å²) in [6.45, 7) is 2.37. The van der Waals surface area contributed by atoms with E-state index in [1.54, 1.807) is 7.11 Å². The lowest BCUT2D eigenvalue weighted by Gasteiger charge is -2.33. The first kappa shape index (κ1) is 16.8. The lowest BCUT2D eigenvalue weighted by Crippen LogP contribution is -2.52. The number of benzene rings is 2. The van der Waals surface area contributed by atoms with Crippen molar-refractivity contribution in [2.75, 3.05) is 18.6 Å². The van der Waals surface area contributed by atoms with Crippen molar-refractivity contribution in [2.45, 2.75) is 19.3 Å². The highest BCUT2D eigenvalue weighted by Crippen LogP contribution is 2.32. The smallest absolute Gasteiger partial charge is 0.119 e. The van der Waals surface area contributed by atoms with Crippen LogP contribution in [0.1, 0.15) is 18.1 Å². The standard InChI is InChI=1S/C18H21ClN4O/c1-11(20)23-16-8-7-14(24-2)9-15(16)18(22-10-17(23)21)12-3-5-13(19)6-4-12/h3-9,11,17H,10,20-21H2,1-2H3. The molecule has 2 atom stereocenters. The van der Waals surface area contributed by atoms with Crippen molar-refractivity contribution in [3.63, 3.8) is 0 Å². The van der Waals surface area contributed by atoms with Crippen LogP contribution in [-0.4, -0.2) is 31.7 Å². The number of methoxy groups -OCH3 is 1. The molecule has 126 valence electrons. The van der Waals surface area contributed by atoms with Gasteiger partial charge in [-0.15, -0.1) is 0 Å². The van der Waals surface area contributed by atoms with Crippen LogP contribution >= 0.6 is 11.6 Å². The Morgan fingerprint density at radius 3 is 2.58 bits per heavy atom. The molecule has 0 amide bonds. The van der Waals surface area contributed by atoms with Crippen molar-refractivity contribution >= 4 is 23.0 Å². The van der Waals surface area contributed by atoms with Crippen LogP contribution in [0.4, 0.5) is 5.69 Å². The average molecular weight is 345 g/mol. The largest absolute Gasteiger partial charge is 0.497 e. The van der Waals surface area contributed by atoms with E-state index in [9.17, 15) is 0 Å². The third-order valence-corrected chi connectivity index (χ3v) is 4.34. The molecular weight excluding hydrogens is 324 g/mol. The molecule has 4 N–H and O–H groups in total. The van der Waals surface area contributed by atoms with E-state index in [0.717, 1.165) is 28.3 Å². The topological polar surface area (TPSA) is 76.9 Å². The van der Waals surface area contributed by atoms with Gasteiger partial charge in [-0.1, -0.05) is 23.7 Å². The molecule has 0 fully saturated rings. The van der Waals surface area contributed by atoms with Crippen molar-refractivity contribution in [1.29, 1.82) is 0 Å². The van der Waals surface area contributed by atoms with Crippen LogP contribution in [0.15, 0.2) is 47.5 Å².